The van der Waals surface area contributed by atoms with Gasteiger partial charge in [0, 0.05) is 31.7 Å². The van der Waals surface area contributed by atoms with E-state index in [9.17, 15) is 4.79 Å². The molecule has 0 aliphatic carbocycles. The highest BCUT2D eigenvalue weighted by molar-refractivity contribution is 6.02. The Kier molecular flexibility index (Phi) is 5.48. The van der Waals surface area contributed by atoms with E-state index in [1.807, 2.05) is 19.9 Å². The molecule has 0 aromatic heterocycles. The SMILES string of the molecule is COc1c(C(=O)C(C)N2CCNCC2)cc(C)cc1C(C)(C)C. The maximum Gasteiger partial charge on any atom is 0.183 e. The third-order valence-electron chi connectivity index (χ3n) is 4.59. The van der Waals surface area contributed by atoms with Crippen LogP contribution in [-0.4, -0.2) is 50.0 Å². The van der Waals surface area contributed by atoms with Crippen molar-refractivity contribution in [2.45, 2.75) is 46.1 Å². The maximum absolute atomic E-state index is 13.1. The first kappa shape index (κ1) is 18.0. The molecule has 1 atom stereocenters. The van der Waals surface area contributed by atoms with E-state index in [0.29, 0.717) is 5.56 Å². The minimum atomic E-state index is -0.124. The molecule has 1 fully saturated rings. The number of methoxy groups -OCH3 is 1. The van der Waals surface area contributed by atoms with Crippen molar-refractivity contribution < 1.29 is 9.53 Å². The van der Waals surface area contributed by atoms with Crippen molar-refractivity contribution in [3.05, 3.63) is 28.8 Å². The summed E-state index contributed by atoms with van der Waals surface area (Å²) in [5.41, 5.74) is 2.84. The Morgan fingerprint density at radius 2 is 1.87 bits per heavy atom. The summed E-state index contributed by atoms with van der Waals surface area (Å²) in [5.74, 6) is 0.882. The van der Waals surface area contributed by atoms with Gasteiger partial charge in [0.2, 0.25) is 0 Å². The molecule has 1 aliphatic heterocycles. The van der Waals surface area contributed by atoms with Gasteiger partial charge in [-0.05, 0) is 30.9 Å². The highest BCUT2D eigenvalue weighted by atomic mass is 16.5. The molecule has 1 saturated heterocycles. The van der Waals surface area contributed by atoms with E-state index in [4.69, 9.17) is 4.74 Å². The van der Waals surface area contributed by atoms with Crippen molar-refractivity contribution in [1.82, 2.24) is 10.2 Å². The molecule has 1 aliphatic rings. The van der Waals surface area contributed by atoms with Crippen molar-refractivity contribution in [2.75, 3.05) is 33.3 Å². The summed E-state index contributed by atoms with van der Waals surface area (Å²) in [5, 5.41) is 3.33. The fraction of sp³-hybridized carbons (Fsp3) is 0.632. The fourth-order valence-corrected chi connectivity index (χ4v) is 3.19. The summed E-state index contributed by atoms with van der Waals surface area (Å²) < 4.78 is 5.66. The molecule has 128 valence electrons. The Labute approximate surface area is 140 Å². The average molecular weight is 318 g/mol. The number of hydrogen-bond acceptors (Lipinski definition) is 4. The number of aryl methyl sites for hydroxylation is 1. The number of ether oxygens (including phenoxy) is 1. The van der Waals surface area contributed by atoms with E-state index in [-0.39, 0.29) is 17.2 Å². The molecule has 4 heteroatoms. The molecule has 1 heterocycles. The van der Waals surface area contributed by atoms with Crippen molar-refractivity contribution in [1.29, 1.82) is 0 Å². The van der Waals surface area contributed by atoms with Crippen LogP contribution in [0.4, 0.5) is 0 Å². The van der Waals surface area contributed by atoms with Gasteiger partial charge < -0.3 is 10.1 Å². The second kappa shape index (κ2) is 7.02. The molecule has 1 N–H and O–H groups in total. The fourth-order valence-electron chi connectivity index (χ4n) is 3.19. The second-order valence-corrected chi connectivity index (χ2v) is 7.47. The Morgan fingerprint density at radius 3 is 2.39 bits per heavy atom. The molecule has 0 bridgehead atoms. The lowest BCUT2D eigenvalue weighted by Crippen LogP contribution is -2.50. The topological polar surface area (TPSA) is 41.6 Å². The van der Waals surface area contributed by atoms with Crippen molar-refractivity contribution in [2.24, 2.45) is 0 Å². The number of Topliss-reactive ketones (excluding diaryl/α,β-unsaturated/α-hetero) is 1. The molecule has 1 unspecified atom stereocenters. The summed E-state index contributed by atoms with van der Waals surface area (Å²) in [6.07, 6.45) is 0. The number of nitrogens with zero attached hydrogens (tertiary/aromatic N) is 1. The van der Waals surface area contributed by atoms with Crippen molar-refractivity contribution in [3.63, 3.8) is 0 Å². The predicted octanol–water partition coefficient (Wildman–Crippen LogP) is 2.78. The maximum atomic E-state index is 13.1. The quantitative estimate of drug-likeness (QED) is 0.867. The average Bonchev–Trinajstić information content (AvgIpc) is 2.52. The van der Waals surface area contributed by atoms with Gasteiger partial charge in [-0.1, -0.05) is 26.8 Å². The Morgan fingerprint density at radius 1 is 1.26 bits per heavy atom. The van der Waals surface area contributed by atoms with Gasteiger partial charge in [-0.25, -0.2) is 0 Å². The zero-order chi connectivity index (χ0) is 17.2. The van der Waals surface area contributed by atoms with Crippen LogP contribution in [0.25, 0.3) is 0 Å². The number of benzene rings is 1. The molecular formula is C19H30N2O2. The number of nitrogens with one attached hydrogen (secondary N) is 1. The highest BCUT2D eigenvalue weighted by Crippen LogP contribution is 2.36. The van der Waals surface area contributed by atoms with Gasteiger partial charge in [0.15, 0.2) is 5.78 Å². The molecule has 0 saturated carbocycles. The van der Waals surface area contributed by atoms with Gasteiger partial charge in [-0.3, -0.25) is 9.69 Å². The van der Waals surface area contributed by atoms with Gasteiger partial charge in [-0.15, -0.1) is 0 Å². The number of rotatable bonds is 4. The first-order valence-corrected chi connectivity index (χ1v) is 8.43. The molecule has 4 nitrogen and oxygen atoms in total. The summed E-state index contributed by atoms with van der Waals surface area (Å²) in [6, 6.07) is 3.97. The second-order valence-electron chi connectivity index (χ2n) is 7.47. The number of hydrogen-bond donors (Lipinski definition) is 1. The first-order valence-electron chi connectivity index (χ1n) is 8.43. The van der Waals surface area contributed by atoms with Gasteiger partial charge in [0.25, 0.3) is 0 Å². The number of carbonyl (C=O) groups is 1. The van der Waals surface area contributed by atoms with E-state index in [1.165, 1.54) is 0 Å². The van der Waals surface area contributed by atoms with Crippen LogP contribution in [0.5, 0.6) is 5.75 Å². The molecule has 0 spiro atoms. The molecule has 1 aromatic carbocycles. The van der Waals surface area contributed by atoms with Crippen LogP contribution in [-0.2, 0) is 5.41 Å². The monoisotopic (exact) mass is 318 g/mol. The van der Waals surface area contributed by atoms with Gasteiger partial charge in [0.1, 0.15) is 5.75 Å². The molecule has 0 radical (unpaired) electrons. The van der Waals surface area contributed by atoms with Crippen LogP contribution >= 0.6 is 0 Å². The lowest BCUT2D eigenvalue weighted by Gasteiger charge is -2.32. The van der Waals surface area contributed by atoms with Crippen LogP contribution in [0.3, 0.4) is 0 Å². The Balaban J connectivity index is 2.41. The minimum absolute atomic E-state index is 0.0648. The largest absolute Gasteiger partial charge is 0.496 e. The number of carbonyl (C=O) groups excluding carboxylic acids is 1. The van der Waals surface area contributed by atoms with Crippen LogP contribution in [0, 0.1) is 6.92 Å². The van der Waals surface area contributed by atoms with E-state index >= 15 is 0 Å². The lowest BCUT2D eigenvalue weighted by molar-refractivity contribution is 0.0816. The Hall–Kier alpha value is -1.39. The lowest BCUT2D eigenvalue weighted by atomic mass is 9.83. The van der Waals surface area contributed by atoms with Crippen molar-refractivity contribution in [3.8, 4) is 5.75 Å². The summed E-state index contributed by atoms with van der Waals surface area (Å²) in [6.45, 7) is 14.2. The predicted molar refractivity (Wildman–Crippen MR) is 94.7 cm³/mol. The van der Waals surface area contributed by atoms with E-state index in [1.54, 1.807) is 7.11 Å². The van der Waals surface area contributed by atoms with Gasteiger partial charge in [0.05, 0.1) is 18.7 Å². The summed E-state index contributed by atoms with van der Waals surface area (Å²) in [4.78, 5) is 15.4. The van der Waals surface area contributed by atoms with Crippen LogP contribution < -0.4 is 10.1 Å². The Bertz CT molecular complexity index is 569. The standard InChI is InChI=1S/C19H30N2O2/c1-13-11-15(18(23-6)16(12-13)19(3,4)5)17(22)14(2)21-9-7-20-8-10-21/h11-12,14,20H,7-10H2,1-6H3. The van der Waals surface area contributed by atoms with Crippen LogP contribution in [0.1, 0.15) is 49.2 Å². The zero-order valence-corrected chi connectivity index (χ0v) is 15.3. The number of ketones is 1. The van der Waals surface area contributed by atoms with Crippen molar-refractivity contribution >= 4 is 5.78 Å². The summed E-state index contributed by atoms with van der Waals surface area (Å²) in [7, 11) is 1.66. The zero-order valence-electron chi connectivity index (χ0n) is 15.3. The van der Waals surface area contributed by atoms with Crippen LogP contribution in [0.2, 0.25) is 0 Å². The molecule has 1 aromatic rings. The summed E-state index contributed by atoms with van der Waals surface area (Å²) >= 11 is 0. The van der Waals surface area contributed by atoms with Crippen LogP contribution in [0.15, 0.2) is 12.1 Å². The molecule has 2 rings (SSSR count). The van der Waals surface area contributed by atoms with E-state index in [2.05, 4.69) is 37.1 Å². The first-order chi connectivity index (χ1) is 10.8. The molecule has 0 amide bonds. The molecular weight excluding hydrogens is 288 g/mol. The molecule has 23 heavy (non-hydrogen) atoms. The third kappa shape index (κ3) is 3.93. The van der Waals surface area contributed by atoms with E-state index in [0.717, 1.165) is 43.1 Å². The van der Waals surface area contributed by atoms with Gasteiger partial charge >= 0.3 is 0 Å². The van der Waals surface area contributed by atoms with E-state index < -0.39 is 0 Å². The smallest absolute Gasteiger partial charge is 0.183 e. The normalized spacial score (nSPS) is 17.8. The van der Waals surface area contributed by atoms with Gasteiger partial charge in [-0.2, -0.15) is 0 Å². The number of piperazine rings is 1. The minimum Gasteiger partial charge on any atom is -0.496 e. The highest BCUT2D eigenvalue weighted by Gasteiger charge is 2.29. The third-order valence-corrected chi connectivity index (χ3v) is 4.59.